The van der Waals surface area contributed by atoms with Crippen LogP contribution in [0.4, 0.5) is 4.79 Å². The molecular weight excluding hydrogens is 845 g/mol. The van der Waals surface area contributed by atoms with Crippen LogP contribution >= 0.6 is 11.3 Å². The number of pyridine rings is 1. The molecule has 2 aliphatic heterocycles. The first-order valence-electron chi connectivity index (χ1n) is 22.4. The van der Waals surface area contributed by atoms with Crippen LogP contribution in [0.15, 0.2) is 46.2 Å². The highest BCUT2D eigenvalue weighted by molar-refractivity contribution is 7.91. The number of hydrogen-bond donors (Lipinski definition) is 3. The van der Waals surface area contributed by atoms with Gasteiger partial charge in [0.1, 0.15) is 51.6 Å². The number of thiazole rings is 1. The fourth-order valence-corrected chi connectivity index (χ4v) is 11.4. The molecule has 1 aromatic carbocycles. The fraction of sp³-hybridized carbons (Fsp3) is 0.565. The molecule has 336 valence electrons. The number of aryl methyl sites for hydroxylation is 1. The van der Waals surface area contributed by atoms with Crippen LogP contribution in [0.5, 0.6) is 5.75 Å². The van der Waals surface area contributed by atoms with E-state index in [9.17, 15) is 27.6 Å². The summed E-state index contributed by atoms with van der Waals surface area (Å²) in [6, 6.07) is 5.52. The zero-order valence-electron chi connectivity index (χ0n) is 36.2. The highest BCUT2D eigenvalue weighted by Gasteiger charge is 2.63. The number of sulfonamides is 1. The van der Waals surface area contributed by atoms with Gasteiger partial charge in [0, 0.05) is 29.2 Å². The lowest BCUT2D eigenvalue weighted by atomic mass is 10.0. The molecule has 3 N–H and O–H groups in total. The minimum Gasteiger partial charge on any atom is -0.484 e. The second-order valence-corrected chi connectivity index (χ2v) is 21.8. The molecule has 0 bridgehead atoms. The summed E-state index contributed by atoms with van der Waals surface area (Å²) in [5.74, 6) is -1.77. The molecule has 3 aliphatic carbocycles. The monoisotopic (exact) mass is 900 g/mol. The molecule has 4 fully saturated rings. The van der Waals surface area contributed by atoms with Crippen molar-refractivity contribution in [3.05, 3.63) is 53.1 Å². The van der Waals surface area contributed by atoms with Gasteiger partial charge in [0.25, 0.3) is 5.91 Å². The number of carbonyl (C=O) groups excluding carboxylic acids is 4. The molecule has 0 radical (unpaired) electrons. The molecule has 9 rings (SSSR count). The molecular formula is C46H56N6O9S2. The van der Waals surface area contributed by atoms with Gasteiger partial charge in [-0.2, -0.15) is 0 Å². The summed E-state index contributed by atoms with van der Waals surface area (Å²) in [5, 5.41) is 9.30. The van der Waals surface area contributed by atoms with Crippen molar-refractivity contribution in [1.29, 1.82) is 0 Å². The van der Waals surface area contributed by atoms with Gasteiger partial charge in [-0.15, -0.1) is 11.3 Å². The summed E-state index contributed by atoms with van der Waals surface area (Å²) >= 11 is 1.48. The van der Waals surface area contributed by atoms with E-state index in [1.807, 2.05) is 42.7 Å². The lowest BCUT2D eigenvalue weighted by Crippen LogP contribution is -2.58. The first kappa shape index (κ1) is 43.2. The van der Waals surface area contributed by atoms with Crippen LogP contribution < -0.4 is 20.1 Å². The number of allylic oxidation sites excluding steroid dienone is 1. The fourth-order valence-electron chi connectivity index (χ4n) is 9.14. The highest BCUT2D eigenvalue weighted by Crippen LogP contribution is 2.48. The zero-order valence-corrected chi connectivity index (χ0v) is 37.9. The van der Waals surface area contributed by atoms with Crippen LogP contribution in [-0.4, -0.2) is 88.2 Å². The molecule has 0 unspecified atom stereocenters. The summed E-state index contributed by atoms with van der Waals surface area (Å²) in [7, 11) is -4.01. The summed E-state index contributed by atoms with van der Waals surface area (Å²) < 4.78 is 46.8. The summed E-state index contributed by atoms with van der Waals surface area (Å²) in [5.41, 5.74) is 2.60. The van der Waals surface area contributed by atoms with E-state index in [1.54, 1.807) is 13.0 Å². The van der Waals surface area contributed by atoms with E-state index < -0.39 is 68.2 Å². The summed E-state index contributed by atoms with van der Waals surface area (Å²) in [6.07, 6.45) is 9.96. The number of nitrogens with zero attached hydrogens (tertiary/aromatic N) is 3. The number of furan rings is 1. The number of hydrogen-bond acceptors (Lipinski definition) is 12. The number of rotatable bonds is 9. The molecule has 5 atom stereocenters. The molecule has 4 aromatic rings. The van der Waals surface area contributed by atoms with Crippen molar-refractivity contribution in [3.63, 3.8) is 0 Å². The average Bonchev–Trinajstić information content (AvgIpc) is 3.72. The average molecular weight is 901 g/mol. The smallest absolute Gasteiger partial charge is 0.408 e. The molecule has 63 heavy (non-hydrogen) atoms. The lowest BCUT2D eigenvalue weighted by molar-refractivity contribution is -0.141. The molecule has 15 nitrogen and oxygen atoms in total. The van der Waals surface area contributed by atoms with Gasteiger partial charge in [-0.3, -0.25) is 19.1 Å². The molecule has 0 spiro atoms. The largest absolute Gasteiger partial charge is 0.484 e. The van der Waals surface area contributed by atoms with Crippen molar-refractivity contribution in [2.45, 2.75) is 152 Å². The minimum atomic E-state index is -4.01. The van der Waals surface area contributed by atoms with Gasteiger partial charge in [-0.1, -0.05) is 44.9 Å². The minimum absolute atomic E-state index is 0.0264. The van der Waals surface area contributed by atoms with Crippen molar-refractivity contribution in [3.8, 4) is 16.5 Å². The number of fused-ring (bicyclic) bond motifs is 5. The maximum atomic E-state index is 14.9. The van der Waals surface area contributed by atoms with Gasteiger partial charge in [-0.25, -0.2) is 23.2 Å². The first-order valence-corrected chi connectivity index (χ1v) is 24.8. The van der Waals surface area contributed by atoms with Crippen molar-refractivity contribution in [1.82, 2.24) is 30.2 Å². The van der Waals surface area contributed by atoms with Gasteiger partial charge < -0.3 is 29.4 Å². The van der Waals surface area contributed by atoms with Gasteiger partial charge in [0.15, 0.2) is 11.3 Å². The van der Waals surface area contributed by atoms with E-state index in [2.05, 4.69) is 29.2 Å². The Balaban J connectivity index is 1.06. The van der Waals surface area contributed by atoms with E-state index in [0.717, 1.165) is 55.2 Å². The van der Waals surface area contributed by atoms with Crippen molar-refractivity contribution in [2.75, 3.05) is 6.54 Å². The van der Waals surface area contributed by atoms with E-state index in [-0.39, 0.29) is 31.4 Å². The second kappa shape index (κ2) is 16.8. The quantitative estimate of drug-likeness (QED) is 0.142. The predicted molar refractivity (Wildman–Crippen MR) is 238 cm³/mol. The topological polar surface area (TPSA) is 199 Å². The number of ether oxygens (including phenoxy) is 2. The van der Waals surface area contributed by atoms with Crippen LogP contribution in [0.2, 0.25) is 0 Å². The lowest BCUT2D eigenvalue weighted by Gasteiger charge is -2.30. The molecule has 3 aromatic heterocycles. The summed E-state index contributed by atoms with van der Waals surface area (Å²) in [4.78, 5) is 68.3. The van der Waals surface area contributed by atoms with Crippen molar-refractivity contribution in [2.24, 2.45) is 5.92 Å². The third-order valence-corrected chi connectivity index (χ3v) is 16.6. The SMILES string of the molecule is Cc1ccc2c(c1)oc1c(O[C@@H]3C[C@H]4C(=O)N[C@]5(C(=O)NS(=O)(=O)C6(C)CC6)C[C@@H]5/C=C\CCCCC[C@H](NC(=O)OC5CCCC5)C(=O)N4C3)cc(-c3nc(C(C)C)cs3)nc12. The Labute approximate surface area is 371 Å². The first-order chi connectivity index (χ1) is 30.1. The van der Waals surface area contributed by atoms with Crippen LogP contribution in [0.1, 0.15) is 121 Å². The molecule has 5 aliphatic rings. The van der Waals surface area contributed by atoms with Crippen molar-refractivity contribution < 1.29 is 41.5 Å². The predicted octanol–water partition coefficient (Wildman–Crippen LogP) is 7.32. The third-order valence-electron chi connectivity index (χ3n) is 13.5. The molecule has 5 heterocycles. The highest BCUT2D eigenvalue weighted by atomic mass is 32.2. The number of nitrogens with one attached hydrogen (secondary N) is 3. The third kappa shape index (κ3) is 8.66. The van der Waals surface area contributed by atoms with Crippen LogP contribution in [0.25, 0.3) is 32.8 Å². The number of amides is 4. The van der Waals surface area contributed by atoms with Crippen LogP contribution in [-0.2, 0) is 29.1 Å². The molecule has 17 heteroatoms. The Hall–Kier alpha value is -5.03. The normalized spacial score (nSPS) is 27.0. The maximum absolute atomic E-state index is 14.9. The van der Waals surface area contributed by atoms with Gasteiger partial charge >= 0.3 is 6.09 Å². The Morgan fingerprint density at radius 1 is 1.03 bits per heavy atom. The Kier molecular flexibility index (Phi) is 11.6. The van der Waals surface area contributed by atoms with Crippen molar-refractivity contribution >= 4 is 67.2 Å². The number of aromatic nitrogens is 2. The zero-order chi connectivity index (χ0) is 44.3. The second-order valence-electron chi connectivity index (χ2n) is 18.7. The van der Waals surface area contributed by atoms with Crippen LogP contribution in [0.3, 0.4) is 0 Å². The Morgan fingerprint density at radius 3 is 2.56 bits per heavy atom. The van der Waals surface area contributed by atoms with Crippen LogP contribution in [0, 0.1) is 12.8 Å². The van der Waals surface area contributed by atoms with Gasteiger partial charge in [0.05, 0.1) is 17.0 Å². The Bertz CT molecular complexity index is 2590. The van der Waals surface area contributed by atoms with Gasteiger partial charge in [-0.05, 0) is 102 Å². The van der Waals surface area contributed by atoms with E-state index in [4.69, 9.17) is 23.9 Å². The molecule has 4 amide bonds. The number of carbonyl (C=O) groups is 4. The Morgan fingerprint density at radius 2 is 1.81 bits per heavy atom. The van der Waals surface area contributed by atoms with E-state index in [1.165, 1.54) is 16.2 Å². The number of alkyl carbamates (subject to hydrolysis) is 1. The van der Waals surface area contributed by atoms with E-state index in [0.29, 0.717) is 65.2 Å². The molecule has 1 saturated heterocycles. The van der Waals surface area contributed by atoms with Gasteiger partial charge in [0.2, 0.25) is 21.8 Å². The van der Waals surface area contributed by atoms with E-state index >= 15 is 0 Å². The maximum Gasteiger partial charge on any atom is 0.408 e. The number of benzene rings is 1. The molecule has 3 saturated carbocycles. The summed E-state index contributed by atoms with van der Waals surface area (Å²) in [6.45, 7) is 7.70. The standard InChI is InChI=1S/C46H56N6O9S2/c1-26(2)34-25-62-41(48-34)33-22-37(39-38(47-33)31-17-16-27(3)20-36(31)61-39)59-30-21-35-40(53)50-46(43(55)51-63(57,58)45(4)18-19-45)23-28(46)12-8-6-5-7-9-15-32(42(54)52(35)24-30)49-44(56)60-29-13-10-11-14-29/h8,12,16-17,20,22,25-26,28-30,32,35H,5-7,9-11,13-15,18-19,21,23-24H2,1-4H3,(H,49,56)(H,50,53)(H,51,55)/b12-8-/t28-,30+,32-,35-,46+/m0/s1.